The number of fused-ring (bicyclic) bond motifs is 2. The molecule has 7 heteroatoms. The van der Waals surface area contributed by atoms with Crippen LogP contribution < -0.4 is 5.32 Å². The number of carbonyl (C=O) groups excluding carboxylic acids is 1. The van der Waals surface area contributed by atoms with Crippen molar-refractivity contribution in [2.45, 2.75) is 18.6 Å². The second-order valence-corrected chi connectivity index (χ2v) is 5.88. The minimum atomic E-state index is -0.192. The minimum Gasteiger partial charge on any atom is -0.375 e. The van der Waals surface area contributed by atoms with E-state index >= 15 is 0 Å². The van der Waals surface area contributed by atoms with Crippen molar-refractivity contribution in [3.63, 3.8) is 0 Å². The molecule has 3 aromatic rings. The maximum Gasteiger partial charge on any atom is 0.254 e. The molecular weight excluding hydrogens is 306 g/mol. The molecule has 0 unspecified atom stereocenters. The summed E-state index contributed by atoms with van der Waals surface area (Å²) in [6.07, 6.45) is 2.19. The van der Waals surface area contributed by atoms with Gasteiger partial charge in [0.2, 0.25) is 0 Å². The van der Waals surface area contributed by atoms with E-state index in [0.717, 1.165) is 12.0 Å². The fourth-order valence-corrected chi connectivity index (χ4v) is 3.34. The number of rotatable bonds is 3. The molecule has 1 amide bonds. The van der Waals surface area contributed by atoms with Crippen molar-refractivity contribution < 1.29 is 9.53 Å². The smallest absolute Gasteiger partial charge is 0.254 e. The molecule has 2 aromatic heterocycles. The molecular formula is C17H17N5O2. The number of benzene rings is 1. The van der Waals surface area contributed by atoms with Crippen molar-refractivity contribution >= 4 is 17.1 Å². The van der Waals surface area contributed by atoms with Crippen molar-refractivity contribution in [1.82, 2.24) is 25.3 Å². The van der Waals surface area contributed by atoms with Gasteiger partial charge in [0.1, 0.15) is 11.6 Å². The SMILES string of the molecule is CO[C@H]1c2ccccc2C[C@H]1NC(=O)c1ccnc2c1nnn2C. The average molecular weight is 323 g/mol. The van der Waals surface area contributed by atoms with Gasteiger partial charge in [0, 0.05) is 20.4 Å². The van der Waals surface area contributed by atoms with Gasteiger partial charge >= 0.3 is 0 Å². The first-order valence-corrected chi connectivity index (χ1v) is 7.75. The lowest BCUT2D eigenvalue weighted by Gasteiger charge is -2.20. The van der Waals surface area contributed by atoms with E-state index in [2.05, 4.69) is 26.7 Å². The number of ether oxygens (including phenoxy) is 1. The lowest BCUT2D eigenvalue weighted by atomic mass is 10.1. The van der Waals surface area contributed by atoms with Crippen LogP contribution in [0.1, 0.15) is 27.6 Å². The van der Waals surface area contributed by atoms with Crippen molar-refractivity contribution in [3.8, 4) is 0 Å². The summed E-state index contributed by atoms with van der Waals surface area (Å²) in [4.78, 5) is 17.0. The minimum absolute atomic E-state index is 0.111. The summed E-state index contributed by atoms with van der Waals surface area (Å²) in [7, 11) is 3.41. The summed E-state index contributed by atoms with van der Waals surface area (Å²) in [5.41, 5.74) is 3.89. The molecule has 2 heterocycles. The van der Waals surface area contributed by atoms with Crippen LogP contribution in [0.4, 0.5) is 0 Å². The predicted octanol–water partition coefficient (Wildman–Crippen LogP) is 1.41. The Morgan fingerprint density at radius 1 is 1.33 bits per heavy atom. The van der Waals surface area contributed by atoms with Crippen LogP contribution in [0.15, 0.2) is 36.5 Å². The highest BCUT2D eigenvalue weighted by Crippen LogP contribution is 2.33. The molecule has 7 nitrogen and oxygen atoms in total. The number of aryl methyl sites for hydroxylation is 1. The van der Waals surface area contributed by atoms with E-state index in [1.165, 1.54) is 5.56 Å². The Balaban J connectivity index is 1.62. The number of amides is 1. The molecule has 0 radical (unpaired) electrons. The van der Waals surface area contributed by atoms with Gasteiger partial charge in [0.05, 0.1) is 11.6 Å². The first kappa shape index (κ1) is 14.8. The number of pyridine rings is 1. The summed E-state index contributed by atoms with van der Waals surface area (Å²) in [5.74, 6) is -0.192. The third-order valence-electron chi connectivity index (χ3n) is 4.47. The molecule has 0 bridgehead atoms. The standard InChI is InChI=1S/C17H17N5O2/c1-22-16-14(20-21-22)12(7-8-18-16)17(23)19-13-9-10-5-3-4-6-11(10)15(13)24-2/h3-8,13,15H,9H2,1-2H3,(H,19,23)/t13-,15+/m1/s1. The fraction of sp³-hybridized carbons (Fsp3) is 0.294. The molecule has 1 aliphatic carbocycles. The number of nitrogens with one attached hydrogen (secondary N) is 1. The molecule has 1 N–H and O–H groups in total. The Morgan fingerprint density at radius 2 is 2.17 bits per heavy atom. The third-order valence-corrected chi connectivity index (χ3v) is 4.47. The van der Waals surface area contributed by atoms with E-state index in [0.29, 0.717) is 16.7 Å². The Labute approximate surface area is 138 Å². The van der Waals surface area contributed by atoms with Crippen molar-refractivity contribution in [3.05, 3.63) is 53.2 Å². The van der Waals surface area contributed by atoms with E-state index in [-0.39, 0.29) is 18.1 Å². The zero-order chi connectivity index (χ0) is 16.7. The number of carbonyl (C=O) groups is 1. The zero-order valence-corrected chi connectivity index (χ0v) is 13.4. The van der Waals surface area contributed by atoms with Crippen LogP contribution in [0.3, 0.4) is 0 Å². The molecule has 24 heavy (non-hydrogen) atoms. The average Bonchev–Trinajstić information content (AvgIpc) is 3.15. The quantitative estimate of drug-likeness (QED) is 0.788. The summed E-state index contributed by atoms with van der Waals surface area (Å²) in [5, 5.41) is 11.1. The molecule has 0 spiro atoms. The number of hydrogen-bond acceptors (Lipinski definition) is 5. The van der Waals surface area contributed by atoms with Gasteiger partial charge in [0.25, 0.3) is 5.91 Å². The predicted molar refractivity (Wildman–Crippen MR) is 87.5 cm³/mol. The number of methoxy groups -OCH3 is 1. The summed E-state index contributed by atoms with van der Waals surface area (Å²) in [6.45, 7) is 0. The fourth-order valence-electron chi connectivity index (χ4n) is 3.34. The van der Waals surface area contributed by atoms with Crippen LogP contribution >= 0.6 is 0 Å². The van der Waals surface area contributed by atoms with Gasteiger partial charge in [-0.05, 0) is 23.6 Å². The van der Waals surface area contributed by atoms with Crippen molar-refractivity contribution in [2.24, 2.45) is 7.05 Å². The third kappa shape index (κ3) is 2.25. The summed E-state index contributed by atoms with van der Waals surface area (Å²) < 4.78 is 7.17. The summed E-state index contributed by atoms with van der Waals surface area (Å²) >= 11 is 0. The maximum absolute atomic E-state index is 12.8. The van der Waals surface area contributed by atoms with Gasteiger partial charge in [-0.1, -0.05) is 29.5 Å². The van der Waals surface area contributed by atoms with Gasteiger partial charge in [-0.2, -0.15) is 0 Å². The molecule has 0 aliphatic heterocycles. The molecule has 2 atom stereocenters. The largest absolute Gasteiger partial charge is 0.375 e. The first-order valence-electron chi connectivity index (χ1n) is 7.75. The maximum atomic E-state index is 12.8. The Bertz CT molecular complexity index is 920. The molecule has 1 aliphatic rings. The molecule has 122 valence electrons. The Morgan fingerprint density at radius 3 is 3.00 bits per heavy atom. The van der Waals surface area contributed by atoms with E-state index < -0.39 is 0 Å². The molecule has 1 aromatic carbocycles. The zero-order valence-electron chi connectivity index (χ0n) is 13.4. The molecule has 4 rings (SSSR count). The van der Waals surface area contributed by atoms with Crippen molar-refractivity contribution in [2.75, 3.05) is 7.11 Å². The van der Waals surface area contributed by atoms with E-state index in [1.54, 1.807) is 31.1 Å². The highest BCUT2D eigenvalue weighted by molar-refractivity contribution is 6.04. The van der Waals surface area contributed by atoms with E-state index in [4.69, 9.17) is 4.74 Å². The lowest BCUT2D eigenvalue weighted by molar-refractivity contribution is 0.0676. The summed E-state index contributed by atoms with van der Waals surface area (Å²) in [6, 6.07) is 9.66. The molecule has 0 saturated heterocycles. The van der Waals surface area contributed by atoms with Crippen LogP contribution in [0.25, 0.3) is 11.2 Å². The number of nitrogens with zero attached hydrogens (tertiary/aromatic N) is 4. The number of hydrogen-bond donors (Lipinski definition) is 1. The first-order chi connectivity index (χ1) is 11.7. The highest BCUT2D eigenvalue weighted by atomic mass is 16.5. The highest BCUT2D eigenvalue weighted by Gasteiger charge is 2.33. The second kappa shape index (κ2) is 5.68. The van der Waals surface area contributed by atoms with Crippen LogP contribution in [-0.4, -0.2) is 39.0 Å². The van der Waals surface area contributed by atoms with Gasteiger partial charge < -0.3 is 10.1 Å². The van der Waals surface area contributed by atoms with Gasteiger partial charge in [-0.3, -0.25) is 4.79 Å². The van der Waals surface area contributed by atoms with Crippen LogP contribution in [0.5, 0.6) is 0 Å². The van der Waals surface area contributed by atoms with Crippen LogP contribution in [0, 0.1) is 0 Å². The van der Waals surface area contributed by atoms with E-state index in [1.807, 2.05) is 18.2 Å². The van der Waals surface area contributed by atoms with Gasteiger partial charge in [-0.25, -0.2) is 9.67 Å². The Hall–Kier alpha value is -2.80. The lowest BCUT2D eigenvalue weighted by Crippen LogP contribution is -2.38. The topological polar surface area (TPSA) is 81.9 Å². The second-order valence-electron chi connectivity index (χ2n) is 5.88. The van der Waals surface area contributed by atoms with Gasteiger partial charge in [-0.15, -0.1) is 5.10 Å². The van der Waals surface area contributed by atoms with Crippen molar-refractivity contribution in [1.29, 1.82) is 0 Å². The normalized spacial score (nSPS) is 19.4. The monoisotopic (exact) mass is 323 g/mol. The van der Waals surface area contributed by atoms with E-state index in [9.17, 15) is 4.79 Å². The molecule has 0 saturated carbocycles. The van der Waals surface area contributed by atoms with Crippen LogP contribution in [-0.2, 0) is 18.2 Å². The molecule has 0 fully saturated rings. The van der Waals surface area contributed by atoms with Crippen LogP contribution in [0.2, 0.25) is 0 Å². The Kier molecular flexibility index (Phi) is 3.50. The van der Waals surface area contributed by atoms with Gasteiger partial charge in [0.15, 0.2) is 5.65 Å². The number of aromatic nitrogens is 4.